The SMILES string of the molecule is CCC1(c2ccc(NC(=O)c3sc(CC(C)C)nc3C)cc2)CCC(=O)NC1=O. The molecule has 1 atom stereocenters. The number of imide groups is 1. The molecule has 1 fully saturated rings. The molecule has 0 saturated carbocycles. The number of amides is 3. The number of anilines is 1. The number of carbonyl (C=O) groups is 3. The molecule has 29 heavy (non-hydrogen) atoms. The zero-order valence-electron chi connectivity index (χ0n) is 17.3. The highest BCUT2D eigenvalue weighted by Gasteiger charge is 2.42. The highest BCUT2D eigenvalue weighted by atomic mass is 32.1. The lowest BCUT2D eigenvalue weighted by molar-refractivity contribution is -0.138. The van der Waals surface area contributed by atoms with Gasteiger partial charge in [-0.3, -0.25) is 19.7 Å². The Kier molecular flexibility index (Phi) is 6.17. The molecule has 0 radical (unpaired) electrons. The van der Waals surface area contributed by atoms with E-state index in [9.17, 15) is 14.4 Å². The third-order valence-corrected chi connectivity index (χ3v) is 6.57. The molecule has 154 valence electrons. The van der Waals surface area contributed by atoms with E-state index >= 15 is 0 Å². The quantitative estimate of drug-likeness (QED) is 0.701. The minimum atomic E-state index is -0.698. The molecule has 1 unspecified atom stereocenters. The number of nitrogens with zero attached hydrogens (tertiary/aromatic N) is 1. The van der Waals surface area contributed by atoms with Crippen molar-refractivity contribution in [2.24, 2.45) is 5.92 Å². The molecular weight excluding hydrogens is 386 g/mol. The van der Waals surface area contributed by atoms with Gasteiger partial charge in [-0.05, 0) is 43.4 Å². The van der Waals surface area contributed by atoms with Crippen LogP contribution in [0.4, 0.5) is 5.69 Å². The minimum absolute atomic E-state index is 0.172. The molecule has 1 saturated heterocycles. The fraction of sp³-hybridized carbons (Fsp3) is 0.455. The van der Waals surface area contributed by atoms with Crippen molar-refractivity contribution in [3.8, 4) is 0 Å². The zero-order chi connectivity index (χ0) is 21.2. The second kappa shape index (κ2) is 8.45. The van der Waals surface area contributed by atoms with Gasteiger partial charge in [0.05, 0.1) is 16.1 Å². The largest absolute Gasteiger partial charge is 0.321 e. The molecule has 3 amide bonds. The van der Waals surface area contributed by atoms with Crippen molar-refractivity contribution in [1.29, 1.82) is 0 Å². The Balaban J connectivity index is 1.75. The number of carbonyl (C=O) groups excluding carboxylic acids is 3. The normalized spacial score (nSPS) is 19.3. The maximum Gasteiger partial charge on any atom is 0.267 e. The second-order valence-electron chi connectivity index (χ2n) is 7.96. The molecule has 1 aliphatic rings. The maximum atomic E-state index is 12.7. The molecule has 1 aromatic carbocycles. The molecule has 7 heteroatoms. The average Bonchev–Trinajstić information content (AvgIpc) is 3.02. The van der Waals surface area contributed by atoms with Gasteiger partial charge in [0.2, 0.25) is 11.8 Å². The van der Waals surface area contributed by atoms with E-state index in [1.807, 2.05) is 26.0 Å². The van der Waals surface area contributed by atoms with Crippen LogP contribution >= 0.6 is 11.3 Å². The lowest BCUT2D eigenvalue weighted by Gasteiger charge is -2.35. The van der Waals surface area contributed by atoms with Crippen LogP contribution in [0.15, 0.2) is 24.3 Å². The Labute approximate surface area is 175 Å². The van der Waals surface area contributed by atoms with E-state index in [2.05, 4.69) is 29.5 Å². The van der Waals surface area contributed by atoms with Crippen LogP contribution in [-0.4, -0.2) is 22.7 Å². The summed E-state index contributed by atoms with van der Waals surface area (Å²) in [5.41, 5.74) is 1.57. The first-order valence-corrected chi connectivity index (χ1v) is 10.8. The highest BCUT2D eigenvalue weighted by molar-refractivity contribution is 7.13. The van der Waals surface area contributed by atoms with Gasteiger partial charge >= 0.3 is 0 Å². The van der Waals surface area contributed by atoms with E-state index in [0.717, 1.165) is 22.7 Å². The van der Waals surface area contributed by atoms with Gasteiger partial charge in [0.15, 0.2) is 0 Å². The lowest BCUT2D eigenvalue weighted by atomic mass is 9.72. The van der Waals surface area contributed by atoms with Gasteiger partial charge in [-0.1, -0.05) is 32.9 Å². The summed E-state index contributed by atoms with van der Waals surface area (Å²) in [7, 11) is 0. The Morgan fingerprint density at radius 3 is 2.55 bits per heavy atom. The van der Waals surface area contributed by atoms with Crippen LogP contribution in [0.5, 0.6) is 0 Å². The summed E-state index contributed by atoms with van der Waals surface area (Å²) in [5, 5.41) is 6.35. The lowest BCUT2D eigenvalue weighted by Crippen LogP contribution is -2.51. The summed E-state index contributed by atoms with van der Waals surface area (Å²) in [4.78, 5) is 41.9. The van der Waals surface area contributed by atoms with Crippen LogP contribution in [0.2, 0.25) is 0 Å². The fourth-order valence-electron chi connectivity index (χ4n) is 3.73. The molecule has 0 aliphatic carbocycles. The third-order valence-electron chi connectivity index (χ3n) is 5.40. The molecule has 3 rings (SSSR count). The van der Waals surface area contributed by atoms with E-state index in [4.69, 9.17) is 0 Å². The van der Waals surface area contributed by atoms with Gasteiger partial charge in [-0.2, -0.15) is 0 Å². The summed E-state index contributed by atoms with van der Waals surface area (Å²) >= 11 is 1.44. The van der Waals surface area contributed by atoms with Crippen LogP contribution in [0.25, 0.3) is 0 Å². The van der Waals surface area contributed by atoms with Gasteiger partial charge in [-0.25, -0.2) is 4.98 Å². The van der Waals surface area contributed by atoms with E-state index in [-0.39, 0.29) is 17.7 Å². The number of thiazole rings is 1. The van der Waals surface area contributed by atoms with E-state index in [1.165, 1.54) is 11.3 Å². The Bertz CT molecular complexity index is 933. The number of hydrogen-bond donors (Lipinski definition) is 2. The Hall–Kier alpha value is -2.54. The van der Waals surface area contributed by atoms with E-state index < -0.39 is 5.41 Å². The van der Waals surface area contributed by atoms with Gasteiger partial charge in [-0.15, -0.1) is 11.3 Å². The van der Waals surface area contributed by atoms with Gasteiger partial charge in [0.25, 0.3) is 5.91 Å². The number of aryl methyl sites for hydroxylation is 1. The number of hydrogen-bond acceptors (Lipinski definition) is 5. The van der Waals surface area contributed by atoms with E-state index in [0.29, 0.717) is 35.7 Å². The molecule has 1 aliphatic heterocycles. The van der Waals surface area contributed by atoms with Crippen molar-refractivity contribution in [2.45, 2.75) is 58.8 Å². The molecule has 2 aromatic rings. The molecule has 1 aromatic heterocycles. The molecule has 2 N–H and O–H groups in total. The summed E-state index contributed by atoms with van der Waals surface area (Å²) in [5.74, 6) is -0.151. The topological polar surface area (TPSA) is 88.2 Å². The fourth-order valence-corrected chi connectivity index (χ4v) is 4.90. The van der Waals surface area contributed by atoms with Crippen molar-refractivity contribution in [1.82, 2.24) is 10.3 Å². The number of benzene rings is 1. The predicted molar refractivity (Wildman–Crippen MR) is 114 cm³/mol. The molecule has 2 heterocycles. The molecule has 0 bridgehead atoms. The molecule has 0 spiro atoms. The van der Waals surface area contributed by atoms with Crippen molar-refractivity contribution in [3.05, 3.63) is 45.4 Å². The Morgan fingerprint density at radius 1 is 1.28 bits per heavy atom. The first-order chi connectivity index (χ1) is 13.7. The molecular formula is C22H27N3O3S. The maximum absolute atomic E-state index is 12.7. The highest BCUT2D eigenvalue weighted by Crippen LogP contribution is 2.36. The first kappa shape index (κ1) is 21.2. The van der Waals surface area contributed by atoms with Crippen molar-refractivity contribution >= 4 is 34.7 Å². The number of aromatic nitrogens is 1. The molecule has 6 nitrogen and oxygen atoms in total. The van der Waals surface area contributed by atoms with Crippen molar-refractivity contribution in [2.75, 3.05) is 5.32 Å². The minimum Gasteiger partial charge on any atom is -0.321 e. The predicted octanol–water partition coefficient (Wildman–Crippen LogP) is 3.99. The smallest absolute Gasteiger partial charge is 0.267 e. The van der Waals surface area contributed by atoms with Gasteiger partial charge < -0.3 is 5.32 Å². The third kappa shape index (κ3) is 4.40. The van der Waals surface area contributed by atoms with Crippen molar-refractivity contribution < 1.29 is 14.4 Å². The van der Waals surface area contributed by atoms with E-state index in [1.54, 1.807) is 12.1 Å². The van der Waals surface area contributed by atoms with Gasteiger partial charge in [0, 0.05) is 18.5 Å². The summed E-state index contributed by atoms with van der Waals surface area (Å²) in [6.07, 6.45) is 2.30. The zero-order valence-corrected chi connectivity index (χ0v) is 18.1. The van der Waals surface area contributed by atoms with Crippen LogP contribution in [0.3, 0.4) is 0 Å². The second-order valence-corrected chi connectivity index (χ2v) is 9.05. The summed E-state index contributed by atoms with van der Waals surface area (Å²) in [6, 6.07) is 7.33. The van der Waals surface area contributed by atoms with Crippen molar-refractivity contribution in [3.63, 3.8) is 0 Å². The van der Waals surface area contributed by atoms with Crippen LogP contribution < -0.4 is 10.6 Å². The van der Waals surface area contributed by atoms with Gasteiger partial charge in [0.1, 0.15) is 4.88 Å². The first-order valence-electron chi connectivity index (χ1n) is 9.97. The van der Waals surface area contributed by atoms with Crippen LogP contribution in [0.1, 0.15) is 66.0 Å². The van der Waals surface area contributed by atoms with Crippen LogP contribution in [0, 0.1) is 12.8 Å². The van der Waals surface area contributed by atoms with Crippen LogP contribution in [-0.2, 0) is 21.4 Å². The standard InChI is InChI=1S/C22H27N3O3S/c1-5-22(11-10-17(26)25-21(22)28)15-6-8-16(9-7-15)24-20(27)19-14(4)23-18(29-19)12-13(2)3/h6-9,13H,5,10-12H2,1-4H3,(H,24,27)(H,25,26,28). The Morgan fingerprint density at radius 2 is 1.97 bits per heavy atom. The number of nitrogens with one attached hydrogen (secondary N) is 2. The summed E-state index contributed by atoms with van der Waals surface area (Å²) < 4.78 is 0. The monoisotopic (exact) mass is 413 g/mol. The average molecular weight is 414 g/mol. The number of piperidine rings is 1. The summed E-state index contributed by atoms with van der Waals surface area (Å²) in [6.45, 7) is 8.06. The number of rotatable bonds is 6.